The van der Waals surface area contributed by atoms with Crippen LogP contribution >= 0.6 is 0 Å². The second-order valence-corrected chi connectivity index (χ2v) is 0.865. The fourth-order valence-electron chi connectivity index (χ4n) is 0. The van der Waals surface area contributed by atoms with Crippen LogP contribution in [0.5, 0.6) is 0 Å². The molecule has 0 fully saturated rings. The summed E-state index contributed by atoms with van der Waals surface area (Å²) in [4.78, 5) is 0. The van der Waals surface area contributed by atoms with E-state index < -0.39 is 12.6 Å². The molecule has 0 spiro atoms. The van der Waals surface area contributed by atoms with Crippen molar-refractivity contribution in [3.63, 3.8) is 0 Å². The molecule has 0 saturated heterocycles. The van der Waals surface area contributed by atoms with Crippen molar-refractivity contribution < 1.29 is 37.1 Å². The summed E-state index contributed by atoms with van der Waals surface area (Å²) in [5.74, 6) is 0. The number of alkyl halides is 3. The fraction of sp³-hybridized carbons (Fsp3) is 0.667. The Hall–Kier alpha value is 1.29. The maximum Gasteiger partial charge on any atom is 2.00 e. The average molecular weight is 248 g/mol. The van der Waals surface area contributed by atoms with Gasteiger partial charge in [-0.25, -0.2) is 0 Å². The largest absolute Gasteiger partial charge is 2.00 e. The van der Waals surface area contributed by atoms with Crippen LogP contribution in [-0.4, -0.2) is 29.2 Å². The number of rotatable bonds is 0. The van der Waals surface area contributed by atoms with Gasteiger partial charge in [-0.2, -0.15) is 13.2 Å². The van der Waals surface area contributed by atoms with Gasteiger partial charge in [0, 0.05) is 0 Å². The predicted molar refractivity (Wildman–Crippen MR) is 21.8 cm³/mol. The molecule has 0 aromatic rings. The summed E-state index contributed by atoms with van der Waals surface area (Å²) >= 11 is 0. The first kappa shape index (κ1) is 16.1. The molecule has 8 heavy (non-hydrogen) atoms. The molecule has 0 unspecified atom stereocenters. The van der Waals surface area contributed by atoms with Crippen LogP contribution in [0.4, 0.5) is 13.2 Å². The van der Waals surface area contributed by atoms with Crippen molar-refractivity contribution in [1.82, 2.24) is 0 Å². The molecule has 0 rings (SSSR count). The second-order valence-electron chi connectivity index (χ2n) is 0.865. The van der Waals surface area contributed by atoms with E-state index in [4.69, 9.17) is 0 Å². The molecule has 0 heterocycles. The Labute approximate surface area is 79.4 Å². The third-order valence-electron chi connectivity index (χ3n) is 0.283. The van der Waals surface area contributed by atoms with Crippen LogP contribution in [0.15, 0.2) is 0 Å². The van der Waals surface area contributed by atoms with Gasteiger partial charge in [0.05, 0.1) is 0 Å². The summed E-state index contributed by atoms with van der Waals surface area (Å²) in [5.41, 5.74) is 0. The molecule has 0 amide bonds. The molecule has 0 radical (unpaired) electrons. The molecule has 0 aliphatic heterocycles. The van der Waals surface area contributed by atoms with Crippen molar-refractivity contribution in [2.75, 3.05) is 0 Å². The zero-order valence-corrected chi connectivity index (χ0v) is 7.70. The smallest absolute Gasteiger partial charge is 1.00 e. The third kappa shape index (κ3) is 15.7. The van der Waals surface area contributed by atoms with Crippen LogP contribution in [0.1, 0.15) is 6.42 Å². The standard InChI is InChI=1S/C3H4F3.HI.Mg/c1-2-3(4,5)6;;/h1-2H2;1H;/q-1;;+2/p-1. The van der Waals surface area contributed by atoms with Gasteiger partial charge < -0.3 is 30.9 Å². The summed E-state index contributed by atoms with van der Waals surface area (Å²) in [6, 6.07) is 0. The topological polar surface area (TPSA) is 0 Å². The van der Waals surface area contributed by atoms with Gasteiger partial charge in [-0.15, -0.1) is 0 Å². The Bertz CT molecular complexity index is 44.3. The van der Waals surface area contributed by atoms with E-state index in [9.17, 15) is 13.2 Å². The molecule has 5 heteroatoms. The molecular weight excluding hydrogens is 244 g/mol. The Morgan fingerprint density at radius 2 is 1.38 bits per heavy atom. The van der Waals surface area contributed by atoms with Gasteiger partial charge in [0.2, 0.25) is 0 Å². The Morgan fingerprint density at radius 1 is 1.25 bits per heavy atom. The minimum Gasteiger partial charge on any atom is -1.00 e. The van der Waals surface area contributed by atoms with Crippen molar-refractivity contribution in [3.05, 3.63) is 6.92 Å². The van der Waals surface area contributed by atoms with E-state index in [-0.39, 0.29) is 47.0 Å². The average Bonchev–Trinajstić information content (AvgIpc) is 1.35. The number of hydrogen-bond acceptors (Lipinski definition) is 0. The zero-order valence-electron chi connectivity index (χ0n) is 4.13. The van der Waals surface area contributed by atoms with E-state index in [2.05, 4.69) is 6.92 Å². The maximum absolute atomic E-state index is 10.7. The van der Waals surface area contributed by atoms with Gasteiger partial charge in [-0.3, -0.25) is 0 Å². The Kier molecular flexibility index (Phi) is 12.9. The molecule has 0 nitrogen and oxygen atoms in total. The molecule has 0 N–H and O–H groups in total. The van der Waals surface area contributed by atoms with E-state index in [1.54, 1.807) is 0 Å². The molecule has 46 valence electrons. The molecular formula is C3H4F3IMg. The quantitative estimate of drug-likeness (QED) is 0.275. The van der Waals surface area contributed by atoms with Gasteiger partial charge in [-0.1, -0.05) is 6.42 Å². The van der Waals surface area contributed by atoms with Gasteiger partial charge in [0.15, 0.2) is 0 Å². The third-order valence-corrected chi connectivity index (χ3v) is 0.283. The van der Waals surface area contributed by atoms with Crippen LogP contribution in [-0.2, 0) is 0 Å². The second kappa shape index (κ2) is 6.41. The van der Waals surface area contributed by atoms with E-state index in [1.165, 1.54) is 0 Å². The van der Waals surface area contributed by atoms with Gasteiger partial charge >= 0.3 is 29.2 Å². The summed E-state index contributed by atoms with van der Waals surface area (Å²) < 4.78 is 32.2. The molecule has 0 aliphatic carbocycles. The summed E-state index contributed by atoms with van der Waals surface area (Å²) in [6.45, 7) is 2.63. The van der Waals surface area contributed by atoms with Crippen LogP contribution < -0.4 is 24.0 Å². The van der Waals surface area contributed by atoms with Crippen LogP contribution in [0.2, 0.25) is 0 Å². The van der Waals surface area contributed by atoms with Crippen LogP contribution in [0.25, 0.3) is 0 Å². The zero-order chi connectivity index (χ0) is 5.21. The summed E-state index contributed by atoms with van der Waals surface area (Å²) in [7, 11) is 0. The Morgan fingerprint density at radius 3 is 1.38 bits per heavy atom. The number of halogens is 4. The van der Waals surface area contributed by atoms with Crippen molar-refractivity contribution in [1.29, 1.82) is 0 Å². The van der Waals surface area contributed by atoms with E-state index in [0.717, 1.165) is 0 Å². The van der Waals surface area contributed by atoms with Crippen molar-refractivity contribution >= 4 is 23.1 Å². The fourth-order valence-corrected chi connectivity index (χ4v) is 0. The first-order valence-corrected chi connectivity index (χ1v) is 1.42. The molecule has 0 atom stereocenters. The van der Waals surface area contributed by atoms with E-state index in [1.807, 2.05) is 0 Å². The monoisotopic (exact) mass is 248 g/mol. The molecule has 0 aromatic carbocycles. The predicted octanol–water partition coefficient (Wildman–Crippen LogP) is -1.60. The Balaban J connectivity index is -0.000000125. The summed E-state index contributed by atoms with van der Waals surface area (Å²) in [6.07, 6.45) is -5.05. The SMILES string of the molecule is [CH2-]CC(F)(F)F.[I-].[Mg+2]. The molecule has 0 bridgehead atoms. The van der Waals surface area contributed by atoms with E-state index in [0.29, 0.717) is 0 Å². The van der Waals surface area contributed by atoms with Crippen LogP contribution in [0, 0.1) is 6.92 Å². The van der Waals surface area contributed by atoms with Gasteiger partial charge in [0.1, 0.15) is 0 Å². The first-order chi connectivity index (χ1) is 2.56. The molecule has 0 aliphatic rings. The normalized spacial score (nSPS) is 9.00. The maximum atomic E-state index is 10.7. The van der Waals surface area contributed by atoms with Crippen molar-refractivity contribution in [2.45, 2.75) is 12.6 Å². The number of hydrogen-bond donors (Lipinski definition) is 0. The molecule has 0 saturated carbocycles. The van der Waals surface area contributed by atoms with Crippen molar-refractivity contribution in [3.8, 4) is 0 Å². The van der Waals surface area contributed by atoms with Crippen molar-refractivity contribution in [2.24, 2.45) is 0 Å². The van der Waals surface area contributed by atoms with Crippen LogP contribution in [0.3, 0.4) is 0 Å². The minimum absolute atomic E-state index is 0. The summed E-state index contributed by atoms with van der Waals surface area (Å²) in [5, 5.41) is 0. The first-order valence-electron chi connectivity index (χ1n) is 1.42. The van der Waals surface area contributed by atoms with Gasteiger partial charge in [0.25, 0.3) is 0 Å². The van der Waals surface area contributed by atoms with Gasteiger partial charge in [-0.05, 0) is 0 Å². The molecule has 0 aromatic heterocycles. The van der Waals surface area contributed by atoms with E-state index >= 15 is 0 Å². The minimum atomic E-state index is -4.07.